The minimum Gasteiger partial charge on any atom is -0.384 e. The zero-order valence-corrected chi connectivity index (χ0v) is 71.9. The minimum atomic E-state index is -0.547. The Bertz CT molecular complexity index is 4950. The number of Topliss-reactive ketones (excluding diaryl/α,β-unsaturated/α-hetero) is 4. The van der Waals surface area contributed by atoms with E-state index in [1.165, 1.54) is 56.1 Å². The van der Waals surface area contributed by atoms with Crippen LogP contribution in [0, 0.1) is 36.1 Å². The number of carbonyl (C=O) groups excluding carboxylic acids is 8. The molecule has 0 spiro atoms. The van der Waals surface area contributed by atoms with Crippen LogP contribution in [0.25, 0.3) is 44.5 Å². The first kappa shape index (κ1) is 94.5. The van der Waals surface area contributed by atoms with E-state index >= 15 is 0 Å². The van der Waals surface area contributed by atoms with Gasteiger partial charge in [0.05, 0.1) is 22.7 Å². The Morgan fingerprint density at radius 1 is 0.298 bits per heavy atom. The predicted octanol–water partition coefficient (Wildman–Crippen LogP) is 22.5. The number of hydrogen-bond acceptors (Lipinski definition) is 13. The molecular formula is C101H101ClF5N9O8. The second-order valence-corrected chi connectivity index (χ2v) is 30.2. The fraction of sp³-hybridized carbons (Fsp3) is 0.248. The molecule has 0 saturated heterocycles. The van der Waals surface area contributed by atoms with E-state index in [1.54, 1.807) is 198 Å². The molecule has 0 atom stereocenters. The van der Waals surface area contributed by atoms with Gasteiger partial charge in [0.1, 0.15) is 34.2 Å². The number of nitrogens with zero attached hydrogens (tertiary/aromatic N) is 8. The molecule has 0 bridgehead atoms. The second kappa shape index (κ2) is 46.6. The van der Waals surface area contributed by atoms with Crippen LogP contribution in [0.4, 0.5) is 50.5 Å². The van der Waals surface area contributed by atoms with Gasteiger partial charge in [0.2, 0.25) is 29.6 Å². The molecule has 17 nitrogen and oxygen atoms in total. The molecule has 4 heterocycles. The van der Waals surface area contributed by atoms with E-state index in [9.17, 15) is 60.3 Å². The molecule has 0 fully saturated rings. The average Bonchev–Trinajstić information content (AvgIpc) is 0.828. The highest BCUT2D eigenvalue weighted by Crippen LogP contribution is 2.33. The van der Waals surface area contributed by atoms with E-state index in [1.807, 2.05) is 71.0 Å². The maximum absolute atomic E-state index is 14.6. The van der Waals surface area contributed by atoms with Crippen molar-refractivity contribution < 1.29 is 60.3 Å². The van der Waals surface area contributed by atoms with Crippen LogP contribution in [0.1, 0.15) is 174 Å². The lowest BCUT2D eigenvalue weighted by molar-refractivity contribution is -0.119. The van der Waals surface area contributed by atoms with Crippen LogP contribution in [0.3, 0.4) is 0 Å². The van der Waals surface area contributed by atoms with Crippen LogP contribution in [-0.4, -0.2) is 94.9 Å². The first-order valence-corrected chi connectivity index (χ1v) is 41.5. The summed E-state index contributed by atoms with van der Waals surface area (Å²) in [6.45, 7) is 9.57. The fourth-order valence-corrected chi connectivity index (χ4v) is 13.4. The van der Waals surface area contributed by atoms with Gasteiger partial charge in [0.25, 0.3) is 0 Å². The number of anilines is 5. The molecule has 0 aliphatic heterocycles. The third kappa shape index (κ3) is 27.3. The summed E-state index contributed by atoms with van der Waals surface area (Å²) in [5, 5.41) is 0.425. The zero-order valence-electron chi connectivity index (χ0n) is 71.1. The van der Waals surface area contributed by atoms with Crippen molar-refractivity contribution in [1.29, 1.82) is 0 Å². The molecule has 8 aromatic carbocycles. The van der Waals surface area contributed by atoms with Gasteiger partial charge in [-0.25, -0.2) is 32.5 Å². The number of pyridine rings is 4. The van der Waals surface area contributed by atoms with E-state index < -0.39 is 29.2 Å². The molecule has 640 valence electrons. The summed E-state index contributed by atoms with van der Waals surface area (Å²) >= 11 is 5.78. The Hall–Kier alpha value is -13.3. The highest BCUT2D eigenvalue weighted by molar-refractivity contribution is 6.29. The topological polar surface area (TPSA) is 227 Å². The van der Waals surface area contributed by atoms with Gasteiger partial charge in [-0.3, -0.25) is 43.3 Å². The molecule has 23 heteroatoms. The Labute approximate surface area is 726 Å². The second-order valence-electron chi connectivity index (χ2n) is 29.9. The highest BCUT2D eigenvalue weighted by Gasteiger charge is 2.22. The van der Waals surface area contributed by atoms with Crippen LogP contribution in [0.15, 0.2) is 243 Å². The van der Waals surface area contributed by atoms with Crippen molar-refractivity contribution in [2.24, 2.45) is 0 Å². The van der Waals surface area contributed by atoms with Crippen LogP contribution < -0.4 is 25.3 Å². The summed E-state index contributed by atoms with van der Waals surface area (Å²) in [6.07, 6.45) is 14.6. The molecule has 12 aromatic rings. The Balaban J connectivity index is 0.000000187. The van der Waals surface area contributed by atoms with Gasteiger partial charge in [-0.05, 0) is 198 Å². The molecule has 0 radical (unpaired) electrons. The lowest BCUT2D eigenvalue weighted by Crippen LogP contribution is -2.26. The Kier molecular flexibility index (Phi) is 35.5. The lowest BCUT2D eigenvalue weighted by Gasteiger charge is -2.18. The summed E-state index contributed by atoms with van der Waals surface area (Å²) < 4.78 is 71.3. The summed E-state index contributed by atoms with van der Waals surface area (Å²) in [5.74, 6) is -2.33. The first-order chi connectivity index (χ1) is 59.5. The molecule has 4 aromatic heterocycles. The van der Waals surface area contributed by atoms with Gasteiger partial charge < -0.3 is 25.3 Å². The molecular weight excluding hydrogens is 1600 g/mol. The monoisotopic (exact) mass is 1700 g/mol. The van der Waals surface area contributed by atoms with Crippen LogP contribution >= 0.6 is 11.6 Å². The molecule has 0 unspecified atom stereocenters. The lowest BCUT2D eigenvalue weighted by atomic mass is 9.99. The summed E-state index contributed by atoms with van der Waals surface area (Å²) in [6, 6.07) is 61.5. The van der Waals surface area contributed by atoms with E-state index in [2.05, 4.69) is 19.9 Å². The number of aromatic nitrogens is 4. The minimum absolute atomic E-state index is 0.0269. The normalized spacial score (nSPS) is 10.7. The number of benzene rings is 8. The van der Waals surface area contributed by atoms with E-state index in [4.69, 9.17) is 17.3 Å². The molecule has 12 rings (SSSR count). The smallest absolute Gasteiger partial charge is 0.226 e. The van der Waals surface area contributed by atoms with Gasteiger partial charge in [-0.15, -0.1) is 0 Å². The number of amides is 4. The van der Waals surface area contributed by atoms with Crippen molar-refractivity contribution in [3.8, 4) is 44.5 Å². The largest absolute Gasteiger partial charge is 0.384 e. The van der Waals surface area contributed by atoms with Gasteiger partial charge in [0.15, 0.2) is 23.1 Å². The number of aryl methyl sites for hydroxylation is 5. The standard InChI is InChI=1S/C26H27FN2O2.C25H24ClFN2O2.C25H24F2N2O2.C25H26FN3O2/c1-4-5-26(31)29(3)24-14-13-22(16-23(24)27)20-9-11-21(12-10-20)25(30)15-8-19-7-6-18(2)28-17-19;1-3-4-25(31)29(2)22-12-11-20(15-21(22)27)18-7-9-19(10-8-18)23(30)13-5-17-6-14-24(26)28-16-17;2*1-3-4-25(31)29(2)22-12-11-20(15-21(22)26)18-7-9-19(10-8-18)23(30)13-5-17-6-14-24(27)28-16-17/h6-7,9-14,16-17H,4-5,8,15H2,1-3H3;2*6-12,14-16H,3-5,13H2,1-2H3;6-12,14-16H,3-5,13H2,1-2H3,(H2,27,28). The van der Waals surface area contributed by atoms with Crippen molar-refractivity contribution in [3.05, 3.63) is 328 Å². The number of nitrogens with two attached hydrogens (primary N) is 1. The van der Waals surface area contributed by atoms with Crippen molar-refractivity contribution >= 4 is 86.9 Å². The van der Waals surface area contributed by atoms with Crippen LogP contribution in [0.5, 0.6) is 0 Å². The number of nitrogen functional groups attached to an aromatic ring is 1. The van der Waals surface area contributed by atoms with Crippen molar-refractivity contribution in [2.75, 3.05) is 53.5 Å². The Morgan fingerprint density at radius 3 is 0.774 bits per heavy atom. The number of hydrogen-bond donors (Lipinski definition) is 1. The fourth-order valence-electron chi connectivity index (χ4n) is 13.2. The summed E-state index contributed by atoms with van der Waals surface area (Å²) in [4.78, 5) is 119. The van der Waals surface area contributed by atoms with Crippen LogP contribution in [-0.2, 0) is 44.9 Å². The van der Waals surface area contributed by atoms with Gasteiger partial charge in [0, 0.05) is 132 Å². The van der Waals surface area contributed by atoms with Gasteiger partial charge >= 0.3 is 0 Å². The molecule has 0 aliphatic rings. The van der Waals surface area contributed by atoms with Crippen molar-refractivity contribution in [1.82, 2.24) is 19.9 Å². The van der Waals surface area contributed by atoms with Gasteiger partial charge in [-0.2, -0.15) is 4.39 Å². The van der Waals surface area contributed by atoms with E-state index in [0.717, 1.165) is 56.6 Å². The third-order valence-corrected chi connectivity index (χ3v) is 20.9. The predicted molar refractivity (Wildman–Crippen MR) is 482 cm³/mol. The van der Waals surface area contributed by atoms with Gasteiger partial charge in [-0.1, -0.05) is 185 Å². The number of halogens is 6. The van der Waals surface area contributed by atoms with Crippen molar-refractivity contribution in [3.63, 3.8) is 0 Å². The average molecular weight is 1700 g/mol. The van der Waals surface area contributed by atoms with Crippen molar-refractivity contribution in [2.45, 2.75) is 137 Å². The molecule has 0 saturated carbocycles. The summed E-state index contributed by atoms with van der Waals surface area (Å²) in [7, 11) is 6.31. The molecule has 124 heavy (non-hydrogen) atoms. The number of ketones is 4. The zero-order chi connectivity index (χ0) is 89.5. The van der Waals surface area contributed by atoms with E-state index in [0.29, 0.717) is 145 Å². The Morgan fingerprint density at radius 2 is 0.548 bits per heavy atom. The quantitative estimate of drug-likeness (QED) is 0.0235. The molecule has 2 N–H and O–H groups in total. The molecule has 0 aliphatic carbocycles. The number of carbonyl (C=O) groups is 8. The maximum Gasteiger partial charge on any atom is 0.226 e. The summed E-state index contributed by atoms with van der Waals surface area (Å²) in [5.41, 5.74) is 19.6. The SMILES string of the molecule is CCCC(=O)N(C)c1ccc(-c2ccc(C(=O)CCc3ccc(C)nc3)cc2)cc1F.CCCC(=O)N(C)c1ccc(-c2ccc(C(=O)CCc3ccc(Cl)nc3)cc2)cc1F.CCCC(=O)N(C)c1ccc(-c2ccc(C(=O)CCc3ccc(F)nc3)cc2)cc1F.CCCC(=O)N(C)c1ccc(-c2ccc(C(=O)CCc3ccc(N)nc3)cc2)cc1F. The highest BCUT2D eigenvalue weighted by atomic mass is 35.5. The molecule has 4 amide bonds. The third-order valence-electron chi connectivity index (χ3n) is 20.7. The van der Waals surface area contributed by atoms with E-state index in [-0.39, 0.29) is 75.9 Å². The van der Waals surface area contributed by atoms with Crippen LogP contribution in [0.2, 0.25) is 5.15 Å². The number of rotatable bonds is 32. The first-order valence-electron chi connectivity index (χ1n) is 41.2. The maximum atomic E-state index is 14.6.